The Labute approximate surface area is 80.4 Å². The first-order valence-corrected chi connectivity index (χ1v) is 4.80. The minimum atomic E-state index is 0.480. The van der Waals surface area contributed by atoms with Crippen molar-refractivity contribution in [2.75, 3.05) is 0 Å². The van der Waals surface area contributed by atoms with Gasteiger partial charge in [-0.25, -0.2) is 0 Å². The summed E-state index contributed by atoms with van der Waals surface area (Å²) in [6, 6.07) is 4.10. The summed E-state index contributed by atoms with van der Waals surface area (Å²) in [6.07, 6.45) is 0.951. The van der Waals surface area contributed by atoms with Crippen molar-refractivity contribution in [3.63, 3.8) is 0 Å². The van der Waals surface area contributed by atoms with E-state index in [-0.39, 0.29) is 0 Å². The number of hydrogen-bond acceptors (Lipinski definition) is 1. The van der Waals surface area contributed by atoms with E-state index in [4.69, 9.17) is 0 Å². The lowest BCUT2D eigenvalue weighted by atomic mass is 9.97. The van der Waals surface area contributed by atoms with Gasteiger partial charge in [0.1, 0.15) is 5.75 Å². The summed E-state index contributed by atoms with van der Waals surface area (Å²) in [7, 11) is 0. The number of aryl methyl sites for hydroxylation is 1. The van der Waals surface area contributed by atoms with Crippen LogP contribution in [0.5, 0.6) is 5.75 Å². The molecule has 0 saturated carbocycles. The van der Waals surface area contributed by atoms with Crippen LogP contribution in [0, 0.1) is 19.8 Å². The van der Waals surface area contributed by atoms with Crippen LogP contribution < -0.4 is 0 Å². The van der Waals surface area contributed by atoms with Gasteiger partial charge in [-0.3, -0.25) is 0 Å². The maximum absolute atomic E-state index is 9.83. The molecular weight excluding hydrogens is 160 g/mol. The minimum Gasteiger partial charge on any atom is -0.507 e. The second kappa shape index (κ2) is 3.82. The van der Waals surface area contributed by atoms with E-state index in [0.29, 0.717) is 11.7 Å². The molecule has 0 amide bonds. The number of benzene rings is 1. The number of phenolic OH excluding ortho intramolecular Hbond substituents is 1. The second-order valence-electron chi connectivity index (χ2n) is 4.11. The van der Waals surface area contributed by atoms with E-state index in [2.05, 4.69) is 19.9 Å². The van der Waals surface area contributed by atoms with Crippen molar-refractivity contribution in [3.05, 3.63) is 28.8 Å². The van der Waals surface area contributed by atoms with E-state index in [9.17, 15) is 5.11 Å². The zero-order valence-corrected chi connectivity index (χ0v) is 8.89. The zero-order valence-electron chi connectivity index (χ0n) is 8.89. The monoisotopic (exact) mass is 178 g/mol. The van der Waals surface area contributed by atoms with Gasteiger partial charge in [0.15, 0.2) is 0 Å². The first-order valence-electron chi connectivity index (χ1n) is 4.80. The number of phenols is 1. The van der Waals surface area contributed by atoms with E-state index in [0.717, 1.165) is 23.1 Å². The molecule has 0 bridgehead atoms. The van der Waals surface area contributed by atoms with Gasteiger partial charge >= 0.3 is 0 Å². The standard InChI is InChI=1S/C12H18O/c1-8(2)7-11-6-5-9(3)10(4)12(11)13/h5-6,8,13H,7H2,1-4H3. The first-order chi connectivity index (χ1) is 6.02. The summed E-state index contributed by atoms with van der Waals surface area (Å²) in [4.78, 5) is 0. The van der Waals surface area contributed by atoms with Crippen LogP contribution >= 0.6 is 0 Å². The van der Waals surface area contributed by atoms with Crippen molar-refractivity contribution >= 4 is 0 Å². The first kappa shape index (κ1) is 10.1. The molecule has 0 spiro atoms. The Balaban J connectivity index is 3.04. The molecule has 13 heavy (non-hydrogen) atoms. The van der Waals surface area contributed by atoms with E-state index in [1.54, 1.807) is 0 Å². The van der Waals surface area contributed by atoms with Gasteiger partial charge in [-0.1, -0.05) is 26.0 Å². The lowest BCUT2D eigenvalue weighted by Crippen LogP contribution is -1.96. The van der Waals surface area contributed by atoms with Gasteiger partial charge in [0.05, 0.1) is 0 Å². The van der Waals surface area contributed by atoms with Gasteiger partial charge in [0.25, 0.3) is 0 Å². The van der Waals surface area contributed by atoms with Gasteiger partial charge in [0, 0.05) is 0 Å². The van der Waals surface area contributed by atoms with Gasteiger partial charge in [0.2, 0.25) is 0 Å². The summed E-state index contributed by atoms with van der Waals surface area (Å²) in [5.74, 6) is 1.07. The SMILES string of the molecule is Cc1ccc(CC(C)C)c(O)c1C. The molecule has 1 heteroatoms. The smallest absolute Gasteiger partial charge is 0.121 e. The molecule has 0 unspecified atom stereocenters. The van der Waals surface area contributed by atoms with Crippen molar-refractivity contribution in [1.82, 2.24) is 0 Å². The summed E-state index contributed by atoms with van der Waals surface area (Å²) in [5.41, 5.74) is 3.24. The summed E-state index contributed by atoms with van der Waals surface area (Å²) >= 11 is 0. The van der Waals surface area contributed by atoms with E-state index in [1.807, 2.05) is 19.9 Å². The molecule has 0 aromatic heterocycles. The lowest BCUT2D eigenvalue weighted by Gasteiger charge is -2.11. The highest BCUT2D eigenvalue weighted by molar-refractivity contribution is 5.44. The van der Waals surface area contributed by atoms with Crippen LogP contribution in [0.15, 0.2) is 12.1 Å². The summed E-state index contributed by atoms with van der Waals surface area (Å²) in [6.45, 7) is 8.31. The molecule has 0 heterocycles. The molecule has 0 radical (unpaired) electrons. The third kappa shape index (κ3) is 2.24. The Bertz CT molecular complexity index is 300. The van der Waals surface area contributed by atoms with Gasteiger partial charge < -0.3 is 5.11 Å². The molecule has 72 valence electrons. The maximum Gasteiger partial charge on any atom is 0.121 e. The van der Waals surface area contributed by atoms with E-state index in [1.165, 1.54) is 0 Å². The lowest BCUT2D eigenvalue weighted by molar-refractivity contribution is 0.458. The molecule has 0 fully saturated rings. The molecule has 1 N–H and O–H groups in total. The molecule has 0 atom stereocenters. The van der Waals surface area contributed by atoms with Crippen molar-refractivity contribution in [2.24, 2.45) is 5.92 Å². The van der Waals surface area contributed by atoms with Crippen LogP contribution in [0.2, 0.25) is 0 Å². The molecule has 1 aromatic rings. The van der Waals surface area contributed by atoms with Crippen LogP contribution in [0.4, 0.5) is 0 Å². The van der Waals surface area contributed by atoms with Crippen LogP contribution in [0.25, 0.3) is 0 Å². The number of hydrogen-bond donors (Lipinski definition) is 1. The fraction of sp³-hybridized carbons (Fsp3) is 0.500. The highest BCUT2D eigenvalue weighted by atomic mass is 16.3. The molecule has 0 aliphatic carbocycles. The minimum absolute atomic E-state index is 0.480. The van der Waals surface area contributed by atoms with Gasteiger partial charge in [-0.05, 0) is 42.9 Å². The molecule has 1 rings (SSSR count). The highest BCUT2D eigenvalue weighted by Crippen LogP contribution is 2.26. The Morgan fingerprint density at radius 2 is 1.85 bits per heavy atom. The van der Waals surface area contributed by atoms with Crippen molar-refractivity contribution in [3.8, 4) is 5.75 Å². The predicted octanol–water partition coefficient (Wildman–Crippen LogP) is 3.21. The Morgan fingerprint density at radius 1 is 1.23 bits per heavy atom. The number of rotatable bonds is 2. The number of aromatic hydroxyl groups is 1. The topological polar surface area (TPSA) is 20.2 Å². The molecular formula is C12H18O. The van der Waals surface area contributed by atoms with Crippen molar-refractivity contribution in [1.29, 1.82) is 0 Å². The largest absolute Gasteiger partial charge is 0.507 e. The summed E-state index contributed by atoms with van der Waals surface area (Å²) < 4.78 is 0. The van der Waals surface area contributed by atoms with E-state index >= 15 is 0 Å². The molecule has 1 nitrogen and oxygen atoms in total. The average molecular weight is 178 g/mol. The van der Waals surface area contributed by atoms with Crippen molar-refractivity contribution < 1.29 is 5.11 Å². The van der Waals surface area contributed by atoms with Crippen LogP contribution in [0.3, 0.4) is 0 Å². The Kier molecular flexibility index (Phi) is 2.97. The second-order valence-corrected chi connectivity index (χ2v) is 4.11. The Morgan fingerprint density at radius 3 is 2.38 bits per heavy atom. The fourth-order valence-corrected chi connectivity index (χ4v) is 1.46. The molecule has 0 aliphatic heterocycles. The van der Waals surface area contributed by atoms with Gasteiger partial charge in [-0.15, -0.1) is 0 Å². The third-order valence-corrected chi connectivity index (χ3v) is 2.41. The summed E-state index contributed by atoms with van der Waals surface area (Å²) in [5, 5.41) is 9.83. The van der Waals surface area contributed by atoms with Crippen molar-refractivity contribution in [2.45, 2.75) is 34.1 Å². The van der Waals surface area contributed by atoms with Gasteiger partial charge in [-0.2, -0.15) is 0 Å². The highest BCUT2D eigenvalue weighted by Gasteiger charge is 2.07. The molecule has 1 aromatic carbocycles. The van der Waals surface area contributed by atoms with Crippen LogP contribution in [-0.2, 0) is 6.42 Å². The average Bonchev–Trinajstić information content (AvgIpc) is 2.06. The quantitative estimate of drug-likeness (QED) is 0.737. The normalized spacial score (nSPS) is 10.8. The third-order valence-electron chi connectivity index (χ3n) is 2.41. The Hall–Kier alpha value is -0.980. The predicted molar refractivity (Wildman–Crippen MR) is 56.1 cm³/mol. The molecule has 0 aliphatic rings. The molecule has 0 saturated heterocycles. The fourth-order valence-electron chi connectivity index (χ4n) is 1.46. The zero-order chi connectivity index (χ0) is 10.0. The van der Waals surface area contributed by atoms with Crippen LogP contribution in [0.1, 0.15) is 30.5 Å². The maximum atomic E-state index is 9.83. The van der Waals surface area contributed by atoms with Crippen LogP contribution in [-0.4, -0.2) is 5.11 Å². The van der Waals surface area contributed by atoms with E-state index < -0.39 is 0 Å².